The molecule has 7 heteroatoms. The number of hydrogen-bond acceptors (Lipinski definition) is 4. The molecule has 1 rings (SSSR count). The van der Waals surface area contributed by atoms with Crippen LogP contribution in [-0.4, -0.2) is 54.2 Å². The zero-order valence-corrected chi connectivity index (χ0v) is 12.8. The van der Waals surface area contributed by atoms with Gasteiger partial charge in [-0.1, -0.05) is 13.8 Å². The van der Waals surface area contributed by atoms with E-state index in [1.807, 2.05) is 13.8 Å². The number of ether oxygens (including phenoxy) is 1. The number of carbonyl (C=O) groups is 3. The molecule has 0 aromatic rings. The fourth-order valence-electron chi connectivity index (χ4n) is 2.42. The summed E-state index contributed by atoms with van der Waals surface area (Å²) in [4.78, 5) is 36.2. The lowest BCUT2D eigenvalue weighted by molar-refractivity contribution is -0.146. The zero-order chi connectivity index (χ0) is 16.0. The lowest BCUT2D eigenvalue weighted by Gasteiger charge is -2.31. The van der Waals surface area contributed by atoms with Crippen LogP contribution in [0.1, 0.15) is 33.1 Å². The lowest BCUT2D eigenvalue weighted by Crippen LogP contribution is -2.51. The third-order valence-electron chi connectivity index (χ3n) is 3.62. The van der Waals surface area contributed by atoms with Gasteiger partial charge in [-0.2, -0.15) is 0 Å². The quantitative estimate of drug-likeness (QED) is 0.741. The molecular weight excluding hydrogens is 276 g/mol. The lowest BCUT2D eigenvalue weighted by atomic mass is 9.97. The van der Waals surface area contributed by atoms with E-state index in [1.54, 1.807) is 4.90 Å². The van der Waals surface area contributed by atoms with E-state index < -0.39 is 12.0 Å². The molecule has 1 atom stereocenters. The Balaban J connectivity index is 2.49. The summed E-state index contributed by atoms with van der Waals surface area (Å²) in [6.07, 6.45) is 1.48. The van der Waals surface area contributed by atoms with Gasteiger partial charge in [-0.05, 0) is 25.2 Å². The maximum Gasteiger partial charge on any atom is 0.326 e. The second kappa shape index (κ2) is 7.85. The molecule has 1 aliphatic rings. The van der Waals surface area contributed by atoms with Gasteiger partial charge in [0.15, 0.2) is 0 Å². The number of hydrogen-bond donors (Lipinski definition) is 2. The van der Waals surface area contributed by atoms with E-state index in [0.29, 0.717) is 32.4 Å². The topological polar surface area (TPSA) is 95.9 Å². The van der Waals surface area contributed by atoms with Crippen molar-refractivity contribution in [3.63, 3.8) is 0 Å². The molecule has 1 aliphatic heterocycles. The SMILES string of the molecule is COC(=O)C1CCN(C(=O)N[C@H](CC(C)C)C(=O)O)CC1. The second-order valence-electron chi connectivity index (χ2n) is 5.75. The summed E-state index contributed by atoms with van der Waals surface area (Å²) in [7, 11) is 1.35. The van der Waals surface area contributed by atoms with Crippen molar-refractivity contribution < 1.29 is 24.2 Å². The van der Waals surface area contributed by atoms with Crippen LogP contribution in [-0.2, 0) is 14.3 Å². The van der Waals surface area contributed by atoms with E-state index >= 15 is 0 Å². The molecule has 0 aliphatic carbocycles. The van der Waals surface area contributed by atoms with Gasteiger partial charge in [-0.3, -0.25) is 4.79 Å². The second-order valence-corrected chi connectivity index (χ2v) is 5.75. The minimum absolute atomic E-state index is 0.176. The number of nitrogens with one attached hydrogen (secondary N) is 1. The summed E-state index contributed by atoms with van der Waals surface area (Å²) < 4.78 is 4.69. The maximum atomic E-state index is 12.1. The van der Waals surface area contributed by atoms with Gasteiger partial charge in [0.25, 0.3) is 0 Å². The van der Waals surface area contributed by atoms with Gasteiger partial charge >= 0.3 is 18.0 Å². The van der Waals surface area contributed by atoms with Gasteiger partial charge in [0.1, 0.15) is 6.04 Å². The van der Waals surface area contributed by atoms with E-state index in [1.165, 1.54) is 7.11 Å². The van der Waals surface area contributed by atoms with Crippen LogP contribution in [0.25, 0.3) is 0 Å². The Morgan fingerprint density at radius 1 is 1.29 bits per heavy atom. The molecule has 0 bridgehead atoms. The van der Waals surface area contributed by atoms with Crippen molar-refractivity contribution in [3.05, 3.63) is 0 Å². The number of likely N-dealkylation sites (tertiary alicyclic amines) is 1. The maximum absolute atomic E-state index is 12.1. The first kappa shape index (κ1) is 17.3. The van der Waals surface area contributed by atoms with E-state index in [4.69, 9.17) is 5.11 Å². The fourth-order valence-corrected chi connectivity index (χ4v) is 2.42. The highest BCUT2D eigenvalue weighted by Gasteiger charge is 2.30. The highest BCUT2D eigenvalue weighted by Crippen LogP contribution is 2.18. The van der Waals surface area contributed by atoms with Crippen LogP contribution in [0.3, 0.4) is 0 Å². The molecule has 0 spiro atoms. The molecule has 120 valence electrons. The van der Waals surface area contributed by atoms with Crippen molar-refractivity contribution in [2.45, 2.75) is 39.2 Å². The molecule has 1 saturated heterocycles. The molecule has 0 saturated carbocycles. The highest BCUT2D eigenvalue weighted by molar-refractivity contribution is 5.82. The van der Waals surface area contributed by atoms with Crippen molar-refractivity contribution in [2.24, 2.45) is 11.8 Å². The van der Waals surface area contributed by atoms with E-state index in [2.05, 4.69) is 10.1 Å². The van der Waals surface area contributed by atoms with Crippen molar-refractivity contribution in [1.29, 1.82) is 0 Å². The van der Waals surface area contributed by atoms with Gasteiger partial charge in [0, 0.05) is 13.1 Å². The standard InChI is InChI=1S/C14H24N2O5/c1-9(2)8-11(12(17)18)15-14(20)16-6-4-10(5-7-16)13(19)21-3/h9-11H,4-8H2,1-3H3,(H,15,20)(H,17,18)/t11-/m1/s1. The predicted molar refractivity (Wildman–Crippen MR) is 75.7 cm³/mol. The molecule has 0 unspecified atom stereocenters. The molecule has 2 N–H and O–H groups in total. The first-order valence-electron chi connectivity index (χ1n) is 7.21. The molecule has 1 fully saturated rings. The van der Waals surface area contributed by atoms with Crippen molar-refractivity contribution in [1.82, 2.24) is 10.2 Å². The monoisotopic (exact) mass is 300 g/mol. The smallest absolute Gasteiger partial charge is 0.326 e. The first-order valence-corrected chi connectivity index (χ1v) is 7.21. The number of esters is 1. The summed E-state index contributed by atoms with van der Waals surface area (Å²) in [5.41, 5.74) is 0. The molecule has 2 amide bonds. The number of rotatable bonds is 5. The third-order valence-corrected chi connectivity index (χ3v) is 3.62. The number of aliphatic carboxylic acids is 1. The minimum Gasteiger partial charge on any atom is -0.480 e. The number of nitrogens with zero attached hydrogens (tertiary/aromatic N) is 1. The average Bonchev–Trinajstić information content (AvgIpc) is 2.45. The molecule has 0 radical (unpaired) electrons. The van der Waals surface area contributed by atoms with Gasteiger partial charge in [-0.25, -0.2) is 9.59 Å². The van der Waals surface area contributed by atoms with Crippen molar-refractivity contribution >= 4 is 18.0 Å². The molecule has 0 aromatic carbocycles. The number of amides is 2. The van der Waals surface area contributed by atoms with Crippen molar-refractivity contribution in [2.75, 3.05) is 20.2 Å². The number of carboxylic acid groups (broad SMARTS) is 1. The van der Waals surface area contributed by atoms with E-state index in [0.717, 1.165) is 0 Å². The first-order chi connectivity index (χ1) is 9.85. The third kappa shape index (κ3) is 5.24. The van der Waals surface area contributed by atoms with E-state index in [-0.39, 0.29) is 23.8 Å². The average molecular weight is 300 g/mol. The molecule has 0 aromatic heterocycles. The van der Waals surface area contributed by atoms with Crippen LogP contribution >= 0.6 is 0 Å². The Kier molecular flexibility index (Phi) is 6.45. The summed E-state index contributed by atoms with van der Waals surface area (Å²) in [5.74, 6) is -1.28. The predicted octanol–water partition coefficient (Wildman–Crippen LogP) is 1.08. The summed E-state index contributed by atoms with van der Waals surface area (Å²) in [5, 5.41) is 11.7. The number of urea groups is 1. The van der Waals surface area contributed by atoms with Crippen molar-refractivity contribution in [3.8, 4) is 0 Å². The molecule has 21 heavy (non-hydrogen) atoms. The Labute approximate surface area is 124 Å². The minimum atomic E-state index is -1.03. The normalized spacial score (nSPS) is 17.4. The largest absolute Gasteiger partial charge is 0.480 e. The number of carbonyl (C=O) groups excluding carboxylic acids is 2. The van der Waals surface area contributed by atoms with Gasteiger partial charge in [0.05, 0.1) is 13.0 Å². The fraction of sp³-hybridized carbons (Fsp3) is 0.786. The number of carboxylic acids is 1. The van der Waals surface area contributed by atoms with E-state index in [9.17, 15) is 14.4 Å². The number of piperidine rings is 1. The van der Waals surface area contributed by atoms with Crippen LogP contribution in [0.2, 0.25) is 0 Å². The summed E-state index contributed by atoms with van der Waals surface area (Å²) in [6, 6.07) is -1.26. The Morgan fingerprint density at radius 2 is 1.86 bits per heavy atom. The Hall–Kier alpha value is -1.79. The number of methoxy groups -OCH3 is 1. The Bertz CT molecular complexity index is 389. The van der Waals surface area contributed by atoms with Crippen LogP contribution in [0.15, 0.2) is 0 Å². The molecule has 7 nitrogen and oxygen atoms in total. The van der Waals surface area contributed by atoms with Crippen LogP contribution < -0.4 is 5.32 Å². The van der Waals surface area contributed by atoms with Crippen LogP contribution in [0, 0.1) is 11.8 Å². The zero-order valence-electron chi connectivity index (χ0n) is 12.8. The molecule has 1 heterocycles. The summed E-state index contributed by atoms with van der Waals surface area (Å²) in [6.45, 7) is 4.67. The highest BCUT2D eigenvalue weighted by atomic mass is 16.5. The van der Waals surface area contributed by atoms with Crippen LogP contribution in [0.4, 0.5) is 4.79 Å². The van der Waals surface area contributed by atoms with Gasteiger partial charge in [-0.15, -0.1) is 0 Å². The molecular formula is C14H24N2O5. The summed E-state index contributed by atoms with van der Waals surface area (Å²) >= 11 is 0. The van der Waals surface area contributed by atoms with Gasteiger partial charge in [0.2, 0.25) is 0 Å². The van der Waals surface area contributed by atoms with Crippen LogP contribution in [0.5, 0.6) is 0 Å². The Morgan fingerprint density at radius 3 is 2.29 bits per heavy atom. The van der Waals surface area contributed by atoms with Gasteiger partial charge < -0.3 is 20.1 Å².